The van der Waals surface area contributed by atoms with Gasteiger partial charge >= 0.3 is 0 Å². The maximum absolute atomic E-state index is 4.36. The van der Waals surface area contributed by atoms with Gasteiger partial charge in [-0.05, 0) is 24.3 Å². The first-order valence-corrected chi connectivity index (χ1v) is 8.51. The number of rotatable bonds is 4. The number of hydrogen-bond acceptors (Lipinski definition) is 2. The minimum absolute atomic E-state index is 0.137. The third kappa shape index (κ3) is 4.23. The van der Waals surface area contributed by atoms with Gasteiger partial charge in [-0.25, -0.2) is 0 Å². The Morgan fingerprint density at radius 1 is 1.35 bits per heavy atom. The van der Waals surface area contributed by atoms with Crippen LogP contribution < -0.4 is 10.6 Å². The van der Waals surface area contributed by atoms with Crippen molar-refractivity contribution < 1.29 is 0 Å². The van der Waals surface area contributed by atoms with Crippen LogP contribution in [0.1, 0.15) is 50.8 Å². The molecule has 2 N–H and O–H groups in total. The first-order chi connectivity index (χ1) is 9.62. The molecule has 1 saturated carbocycles. The molecule has 0 aromatic carbocycles. The summed E-state index contributed by atoms with van der Waals surface area (Å²) in [6.07, 6.45) is 6.62. The van der Waals surface area contributed by atoms with Crippen molar-refractivity contribution >= 4 is 17.3 Å². The Morgan fingerprint density at radius 3 is 2.70 bits per heavy atom. The van der Waals surface area contributed by atoms with Crippen LogP contribution in [0.15, 0.2) is 22.5 Å². The van der Waals surface area contributed by atoms with E-state index in [1.165, 1.54) is 37.0 Å². The summed E-state index contributed by atoms with van der Waals surface area (Å²) < 4.78 is 0. The lowest BCUT2D eigenvalue weighted by Crippen LogP contribution is -2.47. The molecule has 0 radical (unpaired) electrons. The van der Waals surface area contributed by atoms with Crippen LogP contribution in [-0.2, 0) is 5.41 Å². The van der Waals surface area contributed by atoms with Crippen LogP contribution in [0.3, 0.4) is 0 Å². The predicted molar refractivity (Wildman–Crippen MR) is 88.7 cm³/mol. The summed E-state index contributed by atoms with van der Waals surface area (Å²) in [5.74, 6) is 0.946. The topological polar surface area (TPSA) is 36.4 Å². The maximum Gasteiger partial charge on any atom is 0.191 e. The molecule has 1 fully saturated rings. The van der Waals surface area contributed by atoms with Gasteiger partial charge in [0.05, 0.1) is 0 Å². The zero-order chi connectivity index (χ0) is 14.4. The Bertz CT molecular complexity index is 417. The van der Waals surface area contributed by atoms with Crippen LogP contribution >= 0.6 is 11.3 Å². The van der Waals surface area contributed by atoms with Crippen molar-refractivity contribution in [3.63, 3.8) is 0 Å². The van der Waals surface area contributed by atoms with Gasteiger partial charge in [-0.3, -0.25) is 4.99 Å². The van der Waals surface area contributed by atoms with Crippen molar-refractivity contribution in [3.8, 4) is 0 Å². The van der Waals surface area contributed by atoms with Gasteiger partial charge in [0.1, 0.15) is 0 Å². The summed E-state index contributed by atoms with van der Waals surface area (Å²) in [6, 6.07) is 4.93. The smallest absolute Gasteiger partial charge is 0.191 e. The van der Waals surface area contributed by atoms with Crippen molar-refractivity contribution in [1.29, 1.82) is 0 Å². The number of aliphatic imine (C=N–C) groups is 1. The lowest BCUT2D eigenvalue weighted by molar-refractivity contribution is 0.407. The summed E-state index contributed by atoms with van der Waals surface area (Å²) in [6.45, 7) is 5.46. The quantitative estimate of drug-likeness (QED) is 0.658. The van der Waals surface area contributed by atoms with Crippen molar-refractivity contribution in [2.75, 3.05) is 13.6 Å². The molecule has 112 valence electrons. The van der Waals surface area contributed by atoms with Gasteiger partial charge in [-0.2, -0.15) is 0 Å². The summed E-state index contributed by atoms with van der Waals surface area (Å²) in [7, 11) is 1.86. The molecule has 0 bridgehead atoms. The molecule has 1 heterocycles. The normalized spacial score (nSPS) is 18.1. The molecule has 1 aromatic rings. The molecule has 0 spiro atoms. The van der Waals surface area contributed by atoms with E-state index >= 15 is 0 Å². The number of thiophene rings is 1. The highest BCUT2D eigenvalue weighted by Gasteiger charge is 2.22. The fourth-order valence-electron chi connectivity index (χ4n) is 2.69. The zero-order valence-corrected chi connectivity index (χ0v) is 13.7. The summed E-state index contributed by atoms with van der Waals surface area (Å²) in [4.78, 5) is 5.78. The molecule has 0 aliphatic heterocycles. The molecule has 1 aliphatic carbocycles. The highest BCUT2D eigenvalue weighted by molar-refractivity contribution is 7.10. The van der Waals surface area contributed by atoms with E-state index in [4.69, 9.17) is 0 Å². The molecule has 1 aromatic heterocycles. The number of guanidine groups is 1. The molecular formula is C16H27N3S. The van der Waals surface area contributed by atoms with E-state index < -0.39 is 0 Å². The Hall–Kier alpha value is -1.03. The molecule has 1 aliphatic rings. The van der Waals surface area contributed by atoms with E-state index in [1.807, 2.05) is 18.4 Å². The minimum atomic E-state index is 0.137. The van der Waals surface area contributed by atoms with Crippen molar-refractivity contribution in [2.24, 2.45) is 4.99 Å². The second kappa shape index (κ2) is 7.11. The number of nitrogens with zero attached hydrogens (tertiary/aromatic N) is 1. The van der Waals surface area contributed by atoms with Crippen LogP contribution in [0.4, 0.5) is 0 Å². The average Bonchev–Trinajstić information content (AvgIpc) is 2.99. The predicted octanol–water partition coefficient (Wildman–Crippen LogP) is 3.52. The van der Waals surface area contributed by atoms with Gasteiger partial charge in [0, 0.05) is 29.9 Å². The Kier molecular flexibility index (Phi) is 5.46. The molecule has 3 nitrogen and oxygen atoms in total. The standard InChI is InChI=1S/C16H27N3S/c1-16(2,14-10-7-11-20-14)12-18-15(17-3)19-13-8-5-4-6-9-13/h7,10-11,13H,4-6,8-9,12H2,1-3H3,(H2,17,18,19). The highest BCUT2D eigenvalue weighted by atomic mass is 32.1. The van der Waals surface area contributed by atoms with Crippen LogP contribution in [0.25, 0.3) is 0 Å². The maximum atomic E-state index is 4.36. The van der Waals surface area contributed by atoms with Crippen molar-refractivity contribution in [2.45, 2.75) is 57.4 Å². The molecule has 0 saturated heterocycles. The van der Waals surface area contributed by atoms with Crippen molar-refractivity contribution in [1.82, 2.24) is 10.6 Å². The lowest BCUT2D eigenvalue weighted by Gasteiger charge is -2.28. The average molecular weight is 293 g/mol. The van der Waals surface area contributed by atoms with Gasteiger partial charge in [0.25, 0.3) is 0 Å². The number of hydrogen-bond donors (Lipinski definition) is 2. The Morgan fingerprint density at radius 2 is 2.10 bits per heavy atom. The van der Waals surface area contributed by atoms with Gasteiger partial charge in [-0.15, -0.1) is 11.3 Å². The third-order valence-electron chi connectivity index (χ3n) is 4.06. The number of nitrogens with one attached hydrogen (secondary N) is 2. The molecule has 0 amide bonds. The van der Waals surface area contributed by atoms with Crippen LogP contribution in [-0.4, -0.2) is 25.6 Å². The molecule has 20 heavy (non-hydrogen) atoms. The van der Waals surface area contributed by atoms with Crippen LogP contribution in [0.2, 0.25) is 0 Å². The lowest BCUT2D eigenvalue weighted by atomic mass is 9.91. The third-order valence-corrected chi connectivity index (χ3v) is 5.29. The summed E-state index contributed by atoms with van der Waals surface area (Å²) >= 11 is 1.82. The zero-order valence-electron chi connectivity index (χ0n) is 12.9. The van der Waals surface area contributed by atoms with E-state index in [0.717, 1.165) is 12.5 Å². The first kappa shape index (κ1) is 15.4. The van der Waals surface area contributed by atoms with E-state index in [9.17, 15) is 0 Å². The van der Waals surface area contributed by atoms with Gasteiger partial charge < -0.3 is 10.6 Å². The highest BCUT2D eigenvalue weighted by Crippen LogP contribution is 2.26. The molecule has 0 atom stereocenters. The molecular weight excluding hydrogens is 266 g/mol. The summed E-state index contributed by atoms with van der Waals surface area (Å²) in [5, 5.41) is 9.20. The largest absolute Gasteiger partial charge is 0.356 e. The van der Waals surface area contributed by atoms with Crippen LogP contribution in [0.5, 0.6) is 0 Å². The second-order valence-corrected chi connectivity index (χ2v) is 7.21. The van der Waals surface area contributed by atoms with E-state index in [1.54, 1.807) is 0 Å². The Labute approximate surface area is 126 Å². The minimum Gasteiger partial charge on any atom is -0.356 e. The molecule has 2 rings (SSSR count). The first-order valence-electron chi connectivity index (χ1n) is 7.63. The van der Waals surface area contributed by atoms with Gasteiger partial charge in [-0.1, -0.05) is 39.2 Å². The fraction of sp³-hybridized carbons (Fsp3) is 0.688. The second-order valence-electron chi connectivity index (χ2n) is 6.27. The van der Waals surface area contributed by atoms with E-state index in [-0.39, 0.29) is 5.41 Å². The Balaban J connectivity index is 1.84. The van der Waals surface area contributed by atoms with Crippen molar-refractivity contribution in [3.05, 3.63) is 22.4 Å². The van der Waals surface area contributed by atoms with E-state index in [0.29, 0.717) is 6.04 Å². The molecule has 0 unspecified atom stereocenters. The monoisotopic (exact) mass is 293 g/mol. The van der Waals surface area contributed by atoms with Gasteiger partial charge in [0.15, 0.2) is 5.96 Å². The van der Waals surface area contributed by atoms with Gasteiger partial charge in [0.2, 0.25) is 0 Å². The van der Waals surface area contributed by atoms with E-state index in [2.05, 4.69) is 47.0 Å². The van der Waals surface area contributed by atoms with Crippen LogP contribution in [0, 0.1) is 0 Å². The summed E-state index contributed by atoms with van der Waals surface area (Å²) in [5.41, 5.74) is 0.137. The molecule has 4 heteroatoms. The fourth-order valence-corrected chi connectivity index (χ4v) is 3.54. The SMILES string of the molecule is CN=C(NCC(C)(C)c1cccs1)NC1CCCCC1.